The molecule has 0 atom stereocenters. The van der Waals surface area contributed by atoms with Crippen LogP contribution in [0.15, 0.2) is 0 Å². The van der Waals surface area contributed by atoms with Crippen molar-refractivity contribution < 1.29 is 9.59 Å². The van der Waals surface area contributed by atoms with Gasteiger partial charge in [-0.25, -0.2) is 0 Å². The quantitative estimate of drug-likeness (QED) is 0.786. The van der Waals surface area contributed by atoms with E-state index in [0.29, 0.717) is 17.9 Å². The highest BCUT2D eigenvalue weighted by atomic mass is 16.2. The van der Waals surface area contributed by atoms with Crippen LogP contribution in [0.1, 0.15) is 58.8 Å². The number of carbonyl (C=O) groups is 2. The third-order valence-corrected chi connectivity index (χ3v) is 6.33. The van der Waals surface area contributed by atoms with Crippen molar-refractivity contribution in [3.8, 4) is 0 Å². The first-order valence-corrected chi connectivity index (χ1v) is 10.4. The van der Waals surface area contributed by atoms with Gasteiger partial charge in [0, 0.05) is 44.1 Å². The molecule has 3 fully saturated rings. The predicted octanol–water partition coefficient (Wildman–Crippen LogP) is 2.36. The van der Waals surface area contributed by atoms with E-state index in [1.54, 1.807) is 0 Å². The van der Waals surface area contributed by atoms with E-state index >= 15 is 0 Å². The lowest BCUT2D eigenvalue weighted by Gasteiger charge is -2.42. The Bertz CT molecular complexity index is 458. The van der Waals surface area contributed by atoms with Gasteiger partial charge in [0.25, 0.3) is 0 Å². The molecule has 0 spiro atoms. The van der Waals surface area contributed by atoms with E-state index in [1.165, 1.54) is 19.3 Å². The number of hydrogen-bond donors (Lipinski definition) is 0. The van der Waals surface area contributed by atoms with Crippen LogP contribution in [0.2, 0.25) is 0 Å². The highest BCUT2D eigenvalue weighted by molar-refractivity contribution is 5.79. The van der Waals surface area contributed by atoms with Crippen LogP contribution in [0.4, 0.5) is 0 Å². The zero-order chi connectivity index (χ0) is 17.8. The molecule has 142 valence electrons. The molecule has 3 aliphatic heterocycles. The molecule has 0 N–H and O–H groups in total. The fourth-order valence-electron chi connectivity index (χ4n) is 4.70. The molecule has 3 rings (SSSR count). The van der Waals surface area contributed by atoms with Gasteiger partial charge in [-0.2, -0.15) is 0 Å². The summed E-state index contributed by atoms with van der Waals surface area (Å²) in [6.45, 7) is 9.81. The molecule has 3 aliphatic rings. The molecule has 5 heteroatoms. The summed E-state index contributed by atoms with van der Waals surface area (Å²) < 4.78 is 0. The summed E-state index contributed by atoms with van der Waals surface area (Å²) in [6.07, 6.45) is 7.84. The van der Waals surface area contributed by atoms with Crippen LogP contribution in [0.25, 0.3) is 0 Å². The van der Waals surface area contributed by atoms with Gasteiger partial charge in [-0.1, -0.05) is 13.8 Å². The van der Waals surface area contributed by atoms with Gasteiger partial charge in [-0.3, -0.25) is 9.59 Å². The van der Waals surface area contributed by atoms with Crippen molar-refractivity contribution in [3.05, 3.63) is 0 Å². The minimum atomic E-state index is 0.105. The lowest BCUT2D eigenvalue weighted by molar-refractivity contribution is -0.139. The average molecular weight is 350 g/mol. The summed E-state index contributed by atoms with van der Waals surface area (Å²) in [5.41, 5.74) is 0. The fourth-order valence-corrected chi connectivity index (χ4v) is 4.70. The Balaban J connectivity index is 1.42. The van der Waals surface area contributed by atoms with E-state index in [-0.39, 0.29) is 11.8 Å². The maximum Gasteiger partial charge on any atom is 0.225 e. The number of nitrogens with zero attached hydrogens (tertiary/aromatic N) is 3. The minimum absolute atomic E-state index is 0.105. The molecule has 0 radical (unpaired) electrons. The molecule has 0 aromatic rings. The maximum atomic E-state index is 12.7. The second-order valence-electron chi connectivity index (χ2n) is 8.41. The van der Waals surface area contributed by atoms with Crippen molar-refractivity contribution in [2.45, 2.75) is 64.8 Å². The second kappa shape index (κ2) is 8.52. The summed E-state index contributed by atoms with van der Waals surface area (Å²) in [4.78, 5) is 31.5. The number of hydrogen-bond acceptors (Lipinski definition) is 3. The van der Waals surface area contributed by atoms with Crippen LogP contribution in [0, 0.1) is 11.8 Å². The SMILES string of the molecule is CC(C)C(=O)N1CCC(N2CCC(C(=O)N3CCCCC3)CC2)CC1. The van der Waals surface area contributed by atoms with Crippen molar-refractivity contribution >= 4 is 11.8 Å². The number of likely N-dealkylation sites (tertiary alicyclic amines) is 3. The average Bonchev–Trinajstić information content (AvgIpc) is 2.67. The van der Waals surface area contributed by atoms with Crippen molar-refractivity contribution in [3.63, 3.8) is 0 Å². The van der Waals surface area contributed by atoms with Gasteiger partial charge in [0.1, 0.15) is 0 Å². The molecule has 0 bridgehead atoms. The zero-order valence-corrected chi connectivity index (χ0v) is 16.1. The van der Waals surface area contributed by atoms with Crippen LogP contribution in [0.5, 0.6) is 0 Å². The summed E-state index contributed by atoms with van der Waals surface area (Å²) in [6, 6.07) is 0.599. The van der Waals surface area contributed by atoms with Crippen molar-refractivity contribution in [2.75, 3.05) is 39.3 Å². The Morgan fingerprint density at radius 1 is 0.760 bits per heavy atom. The smallest absolute Gasteiger partial charge is 0.225 e. The van der Waals surface area contributed by atoms with Crippen LogP contribution < -0.4 is 0 Å². The summed E-state index contributed by atoms with van der Waals surface area (Å²) in [5, 5.41) is 0. The summed E-state index contributed by atoms with van der Waals surface area (Å²) >= 11 is 0. The maximum absolute atomic E-state index is 12.7. The lowest BCUT2D eigenvalue weighted by Crippen LogP contribution is -2.51. The van der Waals surface area contributed by atoms with Gasteiger partial charge >= 0.3 is 0 Å². The van der Waals surface area contributed by atoms with Gasteiger partial charge in [0.05, 0.1) is 0 Å². The molecule has 0 aliphatic carbocycles. The van der Waals surface area contributed by atoms with Crippen LogP contribution >= 0.6 is 0 Å². The topological polar surface area (TPSA) is 43.9 Å². The molecular weight excluding hydrogens is 314 g/mol. The second-order valence-corrected chi connectivity index (χ2v) is 8.41. The van der Waals surface area contributed by atoms with E-state index in [4.69, 9.17) is 0 Å². The van der Waals surface area contributed by atoms with E-state index < -0.39 is 0 Å². The van der Waals surface area contributed by atoms with Crippen LogP contribution in [0.3, 0.4) is 0 Å². The number of piperidine rings is 3. The van der Waals surface area contributed by atoms with E-state index in [1.807, 2.05) is 18.7 Å². The normalized spacial score (nSPS) is 24.8. The third-order valence-electron chi connectivity index (χ3n) is 6.33. The van der Waals surface area contributed by atoms with Crippen molar-refractivity contribution in [1.29, 1.82) is 0 Å². The van der Waals surface area contributed by atoms with E-state index in [9.17, 15) is 9.59 Å². The van der Waals surface area contributed by atoms with Crippen LogP contribution in [-0.2, 0) is 9.59 Å². The largest absolute Gasteiger partial charge is 0.342 e. The molecule has 5 nitrogen and oxygen atoms in total. The molecule has 0 unspecified atom stereocenters. The standard InChI is InChI=1S/C20H35N3O2/c1-16(2)19(24)23-14-8-18(9-15-23)21-12-6-17(7-13-21)20(25)22-10-4-3-5-11-22/h16-18H,3-15H2,1-2H3. The van der Waals surface area contributed by atoms with Gasteiger partial charge in [0.2, 0.25) is 11.8 Å². The molecule has 25 heavy (non-hydrogen) atoms. The predicted molar refractivity (Wildman–Crippen MR) is 99.2 cm³/mol. The van der Waals surface area contributed by atoms with Gasteiger partial charge in [-0.15, -0.1) is 0 Å². The Labute approximate surface area is 152 Å². The molecule has 0 aromatic carbocycles. The molecule has 3 saturated heterocycles. The first-order valence-electron chi connectivity index (χ1n) is 10.4. The van der Waals surface area contributed by atoms with Crippen LogP contribution in [-0.4, -0.2) is 71.8 Å². The molecule has 3 heterocycles. The number of rotatable bonds is 3. The van der Waals surface area contributed by atoms with Crippen molar-refractivity contribution in [2.24, 2.45) is 11.8 Å². The Morgan fingerprint density at radius 2 is 1.36 bits per heavy atom. The van der Waals surface area contributed by atoms with Gasteiger partial charge in [-0.05, 0) is 58.0 Å². The molecular formula is C20H35N3O2. The minimum Gasteiger partial charge on any atom is -0.342 e. The number of amides is 2. The summed E-state index contributed by atoms with van der Waals surface area (Å²) in [5.74, 6) is 1.06. The molecule has 0 saturated carbocycles. The fraction of sp³-hybridized carbons (Fsp3) is 0.900. The highest BCUT2D eigenvalue weighted by Crippen LogP contribution is 2.26. The summed E-state index contributed by atoms with van der Waals surface area (Å²) in [7, 11) is 0. The van der Waals surface area contributed by atoms with E-state index in [0.717, 1.165) is 65.0 Å². The molecule has 0 aromatic heterocycles. The van der Waals surface area contributed by atoms with Crippen molar-refractivity contribution in [1.82, 2.24) is 14.7 Å². The Hall–Kier alpha value is -1.10. The van der Waals surface area contributed by atoms with Gasteiger partial charge < -0.3 is 14.7 Å². The monoisotopic (exact) mass is 349 g/mol. The lowest BCUT2D eigenvalue weighted by atomic mass is 9.91. The zero-order valence-electron chi connectivity index (χ0n) is 16.1. The van der Waals surface area contributed by atoms with E-state index in [2.05, 4.69) is 9.80 Å². The first kappa shape index (κ1) is 18.7. The first-order chi connectivity index (χ1) is 12.1. The third kappa shape index (κ3) is 4.55. The Kier molecular flexibility index (Phi) is 6.37. The Morgan fingerprint density at radius 3 is 1.92 bits per heavy atom. The number of carbonyl (C=O) groups excluding carboxylic acids is 2. The van der Waals surface area contributed by atoms with Gasteiger partial charge in [0.15, 0.2) is 0 Å². The molecule has 2 amide bonds. The highest BCUT2D eigenvalue weighted by Gasteiger charge is 2.33.